The van der Waals surface area contributed by atoms with Crippen LogP contribution in [0.1, 0.15) is 23.0 Å². The summed E-state index contributed by atoms with van der Waals surface area (Å²) in [6.07, 6.45) is 1.46. The summed E-state index contributed by atoms with van der Waals surface area (Å²) < 4.78 is 15.9. The number of nitrogens with zero attached hydrogens (tertiary/aromatic N) is 1. The van der Waals surface area contributed by atoms with Crippen LogP contribution in [0.5, 0.6) is 5.75 Å². The molecule has 0 saturated carbocycles. The van der Waals surface area contributed by atoms with Gasteiger partial charge in [-0.2, -0.15) is 0 Å². The molecule has 2 heterocycles. The number of imide groups is 1. The van der Waals surface area contributed by atoms with Crippen molar-refractivity contribution in [2.75, 3.05) is 25.6 Å². The summed E-state index contributed by atoms with van der Waals surface area (Å²) in [6.45, 7) is 1.62. The Morgan fingerprint density at radius 2 is 1.75 bits per heavy atom. The predicted molar refractivity (Wildman–Crippen MR) is 134 cm³/mol. The van der Waals surface area contributed by atoms with Crippen molar-refractivity contribution in [2.45, 2.75) is 6.92 Å². The largest absolute Gasteiger partial charge is 0.497 e. The number of carbonyl (C=O) groups is 4. The molecule has 10 heteroatoms. The van der Waals surface area contributed by atoms with Crippen LogP contribution in [0, 0.1) is 0 Å². The van der Waals surface area contributed by atoms with Crippen molar-refractivity contribution in [3.8, 4) is 17.1 Å². The average molecular weight is 507 g/mol. The normalized spacial score (nSPS) is 14.3. The van der Waals surface area contributed by atoms with Crippen molar-refractivity contribution in [1.82, 2.24) is 4.90 Å². The first-order valence-electron chi connectivity index (χ1n) is 10.9. The van der Waals surface area contributed by atoms with Gasteiger partial charge in [-0.05, 0) is 67.2 Å². The first-order valence-corrected chi connectivity index (χ1v) is 11.8. The Balaban J connectivity index is 1.40. The molecule has 36 heavy (non-hydrogen) atoms. The number of ether oxygens (including phenoxy) is 2. The van der Waals surface area contributed by atoms with E-state index in [2.05, 4.69) is 5.32 Å². The molecule has 0 aliphatic carbocycles. The lowest BCUT2D eigenvalue weighted by Crippen LogP contribution is -2.36. The van der Waals surface area contributed by atoms with Crippen LogP contribution in [0.25, 0.3) is 17.4 Å². The van der Waals surface area contributed by atoms with Gasteiger partial charge in [0.05, 0.1) is 24.2 Å². The van der Waals surface area contributed by atoms with Gasteiger partial charge in [0.15, 0.2) is 0 Å². The quantitative estimate of drug-likeness (QED) is 0.342. The lowest BCUT2D eigenvalue weighted by atomic mass is 10.1. The first-order chi connectivity index (χ1) is 17.4. The maximum atomic E-state index is 12.8. The van der Waals surface area contributed by atoms with Crippen LogP contribution in [-0.2, 0) is 14.3 Å². The zero-order chi connectivity index (χ0) is 25.7. The smallest absolute Gasteiger partial charge is 0.338 e. The Morgan fingerprint density at radius 1 is 1.03 bits per heavy atom. The molecule has 0 spiro atoms. The second-order valence-electron chi connectivity index (χ2n) is 7.54. The molecule has 1 aliphatic rings. The van der Waals surface area contributed by atoms with E-state index in [1.54, 1.807) is 67.6 Å². The number of anilines is 1. The Morgan fingerprint density at radius 3 is 2.42 bits per heavy atom. The maximum absolute atomic E-state index is 12.8. The van der Waals surface area contributed by atoms with Crippen LogP contribution in [0.4, 0.5) is 10.5 Å². The summed E-state index contributed by atoms with van der Waals surface area (Å²) >= 11 is 0.735. The molecule has 1 aliphatic heterocycles. The summed E-state index contributed by atoms with van der Waals surface area (Å²) in [5, 5.41) is 2.10. The number of furan rings is 1. The highest BCUT2D eigenvalue weighted by Crippen LogP contribution is 2.33. The molecule has 2 aromatic carbocycles. The number of amides is 3. The van der Waals surface area contributed by atoms with E-state index < -0.39 is 29.6 Å². The summed E-state index contributed by atoms with van der Waals surface area (Å²) in [4.78, 5) is 50.4. The van der Waals surface area contributed by atoms with Gasteiger partial charge in [-0.3, -0.25) is 19.3 Å². The highest BCUT2D eigenvalue weighted by Gasteiger charge is 2.36. The molecule has 9 nitrogen and oxygen atoms in total. The van der Waals surface area contributed by atoms with Crippen molar-refractivity contribution in [3.05, 3.63) is 76.9 Å². The summed E-state index contributed by atoms with van der Waals surface area (Å²) in [5.74, 6) is 0.0423. The van der Waals surface area contributed by atoms with Gasteiger partial charge >= 0.3 is 5.97 Å². The average Bonchev–Trinajstić information content (AvgIpc) is 3.45. The van der Waals surface area contributed by atoms with Crippen LogP contribution in [0.3, 0.4) is 0 Å². The number of nitrogens with one attached hydrogen (secondary N) is 1. The predicted octanol–water partition coefficient (Wildman–Crippen LogP) is 4.81. The van der Waals surface area contributed by atoms with Gasteiger partial charge in [-0.1, -0.05) is 12.1 Å². The molecule has 1 aromatic heterocycles. The summed E-state index contributed by atoms with van der Waals surface area (Å²) in [6, 6.07) is 16.8. The molecule has 184 valence electrons. The Kier molecular flexibility index (Phi) is 7.55. The van der Waals surface area contributed by atoms with Crippen molar-refractivity contribution in [2.24, 2.45) is 0 Å². The molecule has 0 atom stereocenters. The topological polar surface area (TPSA) is 115 Å². The summed E-state index contributed by atoms with van der Waals surface area (Å²) in [7, 11) is 1.54. The molecule has 1 fully saturated rings. The Labute approximate surface area is 211 Å². The molecule has 1 saturated heterocycles. The monoisotopic (exact) mass is 506 g/mol. The number of rotatable bonds is 8. The number of hydrogen-bond donors (Lipinski definition) is 1. The number of benzene rings is 2. The van der Waals surface area contributed by atoms with Gasteiger partial charge in [0.25, 0.3) is 11.1 Å². The minimum absolute atomic E-state index is 0.149. The lowest BCUT2D eigenvalue weighted by Gasteiger charge is -2.12. The van der Waals surface area contributed by atoms with Crippen molar-refractivity contribution < 1.29 is 33.1 Å². The lowest BCUT2D eigenvalue weighted by molar-refractivity contribution is -0.127. The van der Waals surface area contributed by atoms with E-state index in [4.69, 9.17) is 13.9 Å². The van der Waals surface area contributed by atoms with Gasteiger partial charge in [-0.15, -0.1) is 0 Å². The van der Waals surface area contributed by atoms with E-state index in [1.807, 2.05) is 0 Å². The van der Waals surface area contributed by atoms with E-state index in [9.17, 15) is 19.2 Å². The van der Waals surface area contributed by atoms with E-state index in [0.717, 1.165) is 22.2 Å². The number of carbonyl (C=O) groups excluding carboxylic acids is 4. The van der Waals surface area contributed by atoms with Crippen LogP contribution in [-0.4, -0.2) is 48.2 Å². The first kappa shape index (κ1) is 24.8. The zero-order valence-electron chi connectivity index (χ0n) is 19.5. The third-order valence-electron chi connectivity index (χ3n) is 5.13. The minimum atomic E-state index is -0.577. The minimum Gasteiger partial charge on any atom is -0.497 e. The number of methoxy groups -OCH3 is 1. The molecule has 3 amide bonds. The standard InChI is InChI=1S/C26H22N2O7S/c1-3-34-25(31)17-6-4-16(5-7-17)21-13-12-20(35-21)14-22-24(30)28(26(32)36-22)15-23(29)27-18-8-10-19(33-2)11-9-18/h4-14H,3,15H2,1-2H3,(H,27,29)/b22-14+. The van der Waals surface area contributed by atoms with Gasteiger partial charge < -0.3 is 19.2 Å². The molecule has 0 radical (unpaired) electrons. The van der Waals surface area contributed by atoms with Crippen LogP contribution >= 0.6 is 11.8 Å². The molecule has 3 aromatic rings. The van der Waals surface area contributed by atoms with Gasteiger partial charge in [0.2, 0.25) is 5.91 Å². The van der Waals surface area contributed by atoms with Crippen LogP contribution in [0.2, 0.25) is 0 Å². The molecule has 0 unspecified atom stereocenters. The van der Waals surface area contributed by atoms with Gasteiger partial charge in [0.1, 0.15) is 23.8 Å². The van der Waals surface area contributed by atoms with Crippen molar-refractivity contribution in [1.29, 1.82) is 0 Å². The maximum Gasteiger partial charge on any atom is 0.338 e. The third-order valence-corrected chi connectivity index (χ3v) is 6.04. The van der Waals surface area contributed by atoms with E-state index in [1.165, 1.54) is 13.2 Å². The van der Waals surface area contributed by atoms with E-state index in [-0.39, 0.29) is 4.91 Å². The Hall–Kier alpha value is -4.31. The fourth-order valence-electron chi connectivity index (χ4n) is 3.35. The Bertz CT molecular complexity index is 1330. The van der Waals surface area contributed by atoms with Crippen molar-refractivity contribution in [3.63, 3.8) is 0 Å². The molecular formula is C26H22N2O7S. The van der Waals surface area contributed by atoms with E-state index in [0.29, 0.717) is 35.1 Å². The number of thioether (sulfide) groups is 1. The van der Waals surface area contributed by atoms with Gasteiger partial charge in [0, 0.05) is 17.3 Å². The highest BCUT2D eigenvalue weighted by atomic mass is 32.2. The molecule has 1 N–H and O–H groups in total. The number of esters is 1. The van der Waals surface area contributed by atoms with E-state index >= 15 is 0 Å². The fraction of sp³-hybridized carbons (Fsp3) is 0.154. The summed E-state index contributed by atoms with van der Waals surface area (Å²) in [5.41, 5.74) is 1.67. The number of hydrogen-bond acceptors (Lipinski definition) is 8. The zero-order valence-corrected chi connectivity index (χ0v) is 20.3. The molecular weight excluding hydrogens is 484 g/mol. The van der Waals surface area contributed by atoms with Gasteiger partial charge in [-0.25, -0.2) is 4.79 Å². The molecule has 4 rings (SSSR count). The second-order valence-corrected chi connectivity index (χ2v) is 8.54. The second kappa shape index (κ2) is 11.0. The highest BCUT2D eigenvalue weighted by molar-refractivity contribution is 8.18. The SMILES string of the molecule is CCOC(=O)c1ccc(-c2ccc(/C=C3/SC(=O)N(CC(=O)Nc4ccc(OC)cc4)C3=O)o2)cc1. The van der Waals surface area contributed by atoms with Crippen molar-refractivity contribution >= 4 is 46.5 Å². The molecule has 0 bridgehead atoms. The van der Waals surface area contributed by atoms with Crippen LogP contribution in [0.15, 0.2) is 70.0 Å². The van der Waals surface area contributed by atoms with Crippen LogP contribution < -0.4 is 10.1 Å². The fourth-order valence-corrected chi connectivity index (χ4v) is 4.17. The third kappa shape index (κ3) is 5.66.